The van der Waals surface area contributed by atoms with Gasteiger partial charge in [0.15, 0.2) is 0 Å². The lowest BCUT2D eigenvalue weighted by Gasteiger charge is -2.11. The first kappa shape index (κ1) is 17.2. The highest BCUT2D eigenvalue weighted by atomic mass is 19.1. The molecule has 1 atom stereocenters. The summed E-state index contributed by atoms with van der Waals surface area (Å²) in [6.45, 7) is 9.57. The van der Waals surface area contributed by atoms with Gasteiger partial charge in [0.25, 0.3) is 0 Å². The lowest BCUT2D eigenvalue weighted by molar-refractivity contribution is 0.374. The van der Waals surface area contributed by atoms with Crippen molar-refractivity contribution in [2.75, 3.05) is 0 Å². The van der Waals surface area contributed by atoms with Gasteiger partial charge in [0.05, 0.1) is 11.4 Å². The minimum Gasteiger partial charge on any atom is -0.243 e. The average Bonchev–Trinajstić information content (AvgIpc) is 2.96. The third kappa shape index (κ3) is 4.41. The van der Waals surface area contributed by atoms with Crippen LogP contribution in [0.25, 0.3) is 11.8 Å². The van der Waals surface area contributed by atoms with E-state index in [1.165, 1.54) is 0 Å². The van der Waals surface area contributed by atoms with E-state index in [1.807, 2.05) is 41.1 Å². The molecular weight excluding hydrogens is 287 g/mol. The monoisotopic (exact) mass is 312 g/mol. The van der Waals surface area contributed by atoms with Crippen LogP contribution in [0.15, 0.2) is 49.1 Å². The molecule has 23 heavy (non-hydrogen) atoms. The number of rotatable bonds is 7. The maximum absolute atomic E-state index is 13.3. The average molecular weight is 312 g/mol. The van der Waals surface area contributed by atoms with Crippen LogP contribution in [0.5, 0.6) is 0 Å². The van der Waals surface area contributed by atoms with Crippen LogP contribution in [0, 0.1) is 0 Å². The summed E-state index contributed by atoms with van der Waals surface area (Å²) >= 11 is 0. The van der Waals surface area contributed by atoms with Crippen molar-refractivity contribution in [2.45, 2.75) is 45.7 Å². The van der Waals surface area contributed by atoms with Crippen LogP contribution >= 0.6 is 0 Å². The van der Waals surface area contributed by atoms with Crippen LogP contribution in [-0.4, -0.2) is 9.78 Å². The minimum atomic E-state index is -0.949. The maximum atomic E-state index is 13.3. The minimum absolute atomic E-state index is 0.359. The number of unbranched alkanes of at least 4 members (excludes halogenated alkanes) is 1. The molecule has 0 radical (unpaired) electrons. The first-order valence-corrected chi connectivity index (χ1v) is 8.14. The highest BCUT2D eigenvalue weighted by Gasteiger charge is 2.12. The number of hydrogen-bond donors (Lipinski definition) is 0. The van der Waals surface area contributed by atoms with Crippen molar-refractivity contribution in [3.63, 3.8) is 0 Å². The number of allylic oxidation sites excluding steroid dienone is 2. The van der Waals surface area contributed by atoms with Crippen LogP contribution in [0.4, 0.5) is 4.39 Å². The third-order valence-corrected chi connectivity index (χ3v) is 3.77. The molecule has 2 rings (SSSR count). The van der Waals surface area contributed by atoms with Gasteiger partial charge in [0.1, 0.15) is 6.17 Å². The number of halogens is 1. The fraction of sp³-hybridized carbons (Fsp3) is 0.350. The van der Waals surface area contributed by atoms with E-state index in [4.69, 9.17) is 0 Å². The number of benzene rings is 1. The molecule has 0 aliphatic rings. The highest BCUT2D eigenvalue weighted by molar-refractivity contribution is 5.47. The van der Waals surface area contributed by atoms with Gasteiger partial charge < -0.3 is 0 Å². The van der Waals surface area contributed by atoms with Crippen molar-refractivity contribution in [2.24, 2.45) is 0 Å². The number of alkyl halides is 1. The molecule has 0 N–H and O–H groups in total. The van der Waals surface area contributed by atoms with Crippen LogP contribution in [0.3, 0.4) is 0 Å². The summed E-state index contributed by atoms with van der Waals surface area (Å²) < 4.78 is 15.3. The fourth-order valence-corrected chi connectivity index (χ4v) is 2.41. The predicted octanol–water partition coefficient (Wildman–Crippen LogP) is 6.01. The summed E-state index contributed by atoms with van der Waals surface area (Å²) in [6.07, 6.45) is 7.06. The Labute approximate surface area is 138 Å². The van der Waals surface area contributed by atoms with Gasteiger partial charge in [-0.05, 0) is 55.5 Å². The van der Waals surface area contributed by atoms with E-state index in [0.29, 0.717) is 11.5 Å². The zero-order valence-electron chi connectivity index (χ0n) is 14.2. The summed E-state index contributed by atoms with van der Waals surface area (Å²) in [7, 11) is 0. The van der Waals surface area contributed by atoms with Gasteiger partial charge in [-0.1, -0.05) is 38.1 Å². The molecule has 0 aliphatic carbocycles. The van der Waals surface area contributed by atoms with Gasteiger partial charge in [-0.25, -0.2) is 9.07 Å². The predicted molar refractivity (Wildman–Crippen MR) is 95.6 cm³/mol. The summed E-state index contributed by atoms with van der Waals surface area (Å²) in [5.74, 6) is 0.359. The molecule has 0 amide bonds. The molecule has 0 aliphatic heterocycles. The second kappa shape index (κ2) is 7.91. The van der Waals surface area contributed by atoms with Gasteiger partial charge >= 0.3 is 0 Å². The second-order valence-corrected chi connectivity index (χ2v) is 6.04. The van der Waals surface area contributed by atoms with Gasteiger partial charge in [-0.15, -0.1) is 6.58 Å². The van der Waals surface area contributed by atoms with E-state index < -0.39 is 6.17 Å². The smallest absolute Gasteiger partial charge is 0.122 e. The van der Waals surface area contributed by atoms with E-state index in [9.17, 15) is 4.39 Å². The Morgan fingerprint density at radius 1 is 1.17 bits per heavy atom. The first-order valence-electron chi connectivity index (χ1n) is 8.14. The fourth-order valence-electron chi connectivity index (χ4n) is 2.41. The van der Waals surface area contributed by atoms with Crippen LogP contribution in [0.1, 0.15) is 62.7 Å². The van der Waals surface area contributed by atoms with Crippen molar-refractivity contribution >= 4 is 6.08 Å². The number of aromatic nitrogens is 2. The molecule has 1 heterocycles. The zero-order valence-corrected chi connectivity index (χ0v) is 14.2. The number of nitrogens with zero attached hydrogens (tertiary/aromatic N) is 2. The van der Waals surface area contributed by atoms with Crippen LogP contribution < -0.4 is 0 Å². The van der Waals surface area contributed by atoms with E-state index >= 15 is 0 Å². The lowest BCUT2D eigenvalue weighted by atomic mass is 10.1. The summed E-state index contributed by atoms with van der Waals surface area (Å²) in [4.78, 5) is 0. The van der Waals surface area contributed by atoms with E-state index in [1.54, 1.807) is 6.92 Å². The quantitative estimate of drug-likeness (QED) is 0.452. The molecule has 0 spiro atoms. The van der Waals surface area contributed by atoms with Gasteiger partial charge in [-0.2, -0.15) is 5.10 Å². The molecule has 2 aromatic rings. The number of hydrogen-bond acceptors (Lipinski definition) is 1. The second-order valence-electron chi connectivity index (χ2n) is 6.04. The van der Waals surface area contributed by atoms with E-state index in [0.717, 1.165) is 29.9 Å². The molecule has 1 aromatic heterocycles. The lowest BCUT2D eigenvalue weighted by Crippen LogP contribution is -2.03. The normalized spacial score (nSPS) is 12.9. The van der Waals surface area contributed by atoms with E-state index in [2.05, 4.69) is 37.7 Å². The van der Waals surface area contributed by atoms with Gasteiger partial charge in [0.2, 0.25) is 0 Å². The molecule has 1 unspecified atom stereocenters. The molecule has 122 valence electrons. The standard InChI is InChI=1S/C20H25FN2/c1-5-6-7-8-9-18-14-20(15(2)3)23(22-18)19-12-10-17(11-13-19)16(4)21/h5,8-16H,1,6-7H2,2-4H3. The molecule has 0 saturated heterocycles. The van der Waals surface area contributed by atoms with Crippen molar-refractivity contribution in [1.82, 2.24) is 9.78 Å². The molecule has 1 aromatic carbocycles. The third-order valence-electron chi connectivity index (χ3n) is 3.77. The summed E-state index contributed by atoms with van der Waals surface area (Å²) in [6, 6.07) is 9.61. The van der Waals surface area contributed by atoms with Crippen molar-refractivity contribution < 1.29 is 4.39 Å². The topological polar surface area (TPSA) is 17.8 Å². The molecule has 0 bridgehead atoms. The van der Waals surface area contributed by atoms with Crippen LogP contribution in [-0.2, 0) is 0 Å². The molecule has 2 nitrogen and oxygen atoms in total. The van der Waals surface area contributed by atoms with Crippen molar-refractivity contribution in [3.8, 4) is 5.69 Å². The van der Waals surface area contributed by atoms with Crippen LogP contribution in [0.2, 0.25) is 0 Å². The Kier molecular flexibility index (Phi) is 5.91. The molecule has 0 saturated carbocycles. The Hall–Kier alpha value is -2.16. The Morgan fingerprint density at radius 2 is 1.87 bits per heavy atom. The molecule has 0 fully saturated rings. The highest BCUT2D eigenvalue weighted by Crippen LogP contribution is 2.23. The van der Waals surface area contributed by atoms with Gasteiger partial charge in [0, 0.05) is 5.69 Å². The van der Waals surface area contributed by atoms with Crippen molar-refractivity contribution in [3.05, 3.63) is 66.0 Å². The largest absolute Gasteiger partial charge is 0.243 e. The Balaban J connectivity index is 2.30. The zero-order chi connectivity index (χ0) is 16.8. The van der Waals surface area contributed by atoms with E-state index in [-0.39, 0.29) is 0 Å². The summed E-state index contributed by atoms with van der Waals surface area (Å²) in [5.41, 5.74) is 3.75. The van der Waals surface area contributed by atoms with Gasteiger partial charge in [-0.3, -0.25) is 0 Å². The maximum Gasteiger partial charge on any atom is 0.122 e. The Morgan fingerprint density at radius 3 is 2.43 bits per heavy atom. The molecule has 3 heteroatoms. The first-order chi connectivity index (χ1) is 11.0. The summed E-state index contributed by atoms with van der Waals surface area (Å²) in [5, 5.41) is 4.68. The Bertz CT molecular complexity index is 663. The molecular formula is C20H25FN2. The SMILES string of the molecule is C=CCCC=Cc1cc(C(C)C)n(-c2ccc(C(C)F)cc2)n1. The van der Waals surface area contributed by atoms with Crippen molar-refractivity contribution in [1.29, 1.82) is 0 Å².